The number of likely N-dealkylation sites (tertiary alicyclic amines) is 1. The van der Waals surface area contributed by atoms with E-state index in [4.69, 9.17) is 0 Å². The van der Waals surface area contributed by atoms with Gasteiger partial charge in [-0.3, -0.25) is 4.90 Å². The van der Waals surface area contributed by atoms with Crippen LogP contribution in [0.4, 0.5) is 0 Å². The SMILES string of the molecule is Cl.O=S(=O)(N[C@@H]1CCN(Cc2ccccc2)C1)c1ccc(I)cc1. The van der Waals surface area contributed by atoms with Gasteiger partial charge >= 0.3 is 0 Å². The maximum atomic E-state index is 12.4. The number of nitrogens with zero attached hydrogens (tertiary/aromatic N) is 1. The quantitative estimate of drug-likeness (QED) is 0.671. The zero-order chi connectivity index (χ0) is 16.3. The van der Waals surface area contributed by atoms with Crippen LogP contribution in [0, 0.1) is 3.57 Å². The Morgan fingerprint density at radius 2 is 1.75 bits per heavy atom. The second-order valence-electron chi connectivity index (χ2n) is 5.78. The number of nitrogens with one attached hydrogen (secondary N) is 1. The molecule has 0 unspecified atom stereocenters. The van der Waals surface area contributed by atoms with Crippen molar-refractivity contribution in [3.8, 4) is 0 Å². The molecule has 1 heterocycles. The number of benzene rings is 2. The van der Waals surface area contributed by atoms with Crippen molar-refractivity contribution in [2.45, 2.75) is 23.9 Å². The molecule has 0 aromatic heterocycles. The average Bonchev–Trinajstić information content (AvgIpc) is 2.95. The third-order valence-electron chi connectivity index (χ3n) is 3.97. The second kappa shape index (κ2) is 8.62. The molecule has 0 radical (unpaired) electrons. The van der Waals surface area contributed by atoms with E-state index >= 15 is 0 Å². The largest absolute Gasteiger partial charge is 0.297 e. The molecule has 0 aliphatic carbocycles. The monoisotopic (exact) mass is 478 g/mol. The fourth-order valence-corrected chi connectivity index (χ4v) is 4.44. The van der Waals surface area contributed by atoms with Gasteiger partial charge in [0.05, 0.1) is 4.90 Å². The molecule has 1 aliphatic heterocycles. The minimum atomic E-state index is -3.44. The summed E-state index contributed by atoms with van der Waals surface area (Å²) in [4.78, 5) is 2.62. The van der Waals surface area contributed by atoms with Crippen LogP contribution < -0.4 is 4.72 Å². The molecular formula is C17H20ClIN2O2S. The van der Waals surface area contributed by atoms with Gasteiger partial charge in [-0.1, -0.05) is 30.3 Å². The van der Waals surface area contributed by atoms with Crippen molar-refractivity contribution in [2.75, 3.05) is 13.1 Å². The topological polar surface area (TPSA) is 49.4 Å². The van der Waals surface area contributed by atoms with Crippen LogP contribution in [0.5, 0.6) is 0 Å². The highest BCUT2D eigenvalue weighted by Crippen LogP contribution is 2.17. The minimum Gasteiger partial charge on any atom is -0.297 e. The maximum Gasteiger partial charge on any atom is 0.240 e. The fraction of sp³-hybridized carbons (Fsp3) is 0.294. The zero-order valence-electron chi connectivity index (χ0n) is 13.1. The van der Waals surface area contributed by atoms with E-state index in [0.717, 1.165) is 29.6 Å². The summed E-state index contributed by atoms with van der Waals surface area (Å²) < 4.78 is 28.7. The highest BCUT2D eigenvalue weighted by atomic mass is 127. The van der Waals surface area contributed by atoms with Gasteiger partial charge in [0.2, 0.25) is 10.0 Å². The van der Waals surface area contributed by atoms with Gasteiger partial charge in [-0.25, -0.2) is 13.1 Å². The lowest BCUT2D eigenvalue weighted by Crippen LogP contribution is -2.36. The molecule has 130 valence electrons. The summed E-state index contributed by atoms with van der Waals surface area (Å²) >= 11 is 2.17. The van der Waals surface area contributed by atoms with Crippen LogP contribution in [0.25, 0.3) is 0 Å². The van der Waals surface area contributed by atoms with Crippen molar-refractivity contribution in [3.05, 3.63) is 63.7 Å². The lowest BCUT2D eigenvalue weighted by Gasteiger charge is -2.17. The molecule has 2 aromatic rings. The molecule has 1 saturated heterocycles. The Morgan fingerprint density at radius 1 is 1.08 bits per heavy atom. The molecule has 1 N–H and O–H groups in total. The van der Waals surface area contributed by atoms with Gasteiger partial charge in [-0.15, -0.1) is 12.4 Å². The van der Waals surface area contributed by atoms with E-state index in [-0.39, 0.29) is 18.4 Å². The van der Waals surface area contributed by atoms with Crippen LogP contribution in [0.3, 0.4) is 0 Å². The summed E-state index contributed by atoms with van der Waals surface area (Å²) in [6, 6.07) is 17.2. The minimum absolute atomic E-state index is 0. The molecule has 7 heteroatoms. The van der Waals surface area contributed by atoms with Gasteiger partial charge in [0.25, 0.3) is 0 Å². The van der Waals surface area contributed by atoms with Gasteiger partial charge < -0.3 is 0 Å². The molecule has 1 fully saturated rings. The Morgan fingerprint density at radius 3 is 2.42 bits per heavy atom. The molecular weight excluding hydrogens is 459 g/mol. The molecule has 1 atom stereocenters. The van der Waals surface area contributed by atoms with Gasteiger partial charge in [-0.05, 0) is 58.8 Å². The first-order valence-corrected chi connectivity index (χ1v) is 10.1. The normalized spacial score (nSPS) is 18.3. The van der Waals surface area contributed by atoms with Crippen LogP contribution in [0.1, 0.15) is 12.0 Å². The zero-order valence-corrected chi connectivity index (χ0v) is 16.9. The van der Waals surface area contributed by atoms with Crippen molar-refractivity contribution in [2.24, 2.45) is 0 Å². The smallest absolute Gasteiger partial charge is 0.240 e. The number of rotatable bonds is 5. The summed E-state index contributed by atoms with van der Waals surface area (Å²) in [5, 5.41) is 0. The van der Waals surface area contributed by atoms with Crippen molar-refractivity contribution in [3.63, 3.8) is 0 Å². The van der Waals surface area contributed by atoms with E-state index in [1.165, 1.54) is 5.56 Å². The molecule has 0 saturated carbocycles. The number of hydrogen-bond donors (Lipinski definition) is 1. The summed E-state index contributed by atoms with van der Waals surface area (Å²) in [6.45, 7) is 2.52. The standard InChI is InChI=1S/C17H19IN2O2S.ClH/c18-15-6-8-17(9-7-15)23(21,22)19-16-10-11-20(13-16)12-14-4-2-1-3-5-14;/h1-9,16,19H,10-13H2;1H/t16-;/m1./s1. The van der Waals surface area contributed by atoms with E-state index in [2.05, 4.69) is 44.3 Å². The fourth-order valence-electron chi connectivity index (χ4n) is 2.82. The molecule has 0 amide bonds. The molecule has 3 rings (SSSR count). The number of sulfonamides is 1. The van der Waals surface area contributed by atoms with Crippen molar-refractivity contribution in [1.29, 1.82) is 0 Å². The van der Waals surface area contributed by atoms with E-state index in [0.29, 0.717) is 4.90 Å². The molecule has 4 nitrogen and oxygen atoms in total. The summed E-state index contributed by atoms with van der Waals surface area (Å²) in [6.07, 6.45) is 0.844. The average molecular weight is 479 g/mol. The van der Waals surface area contributed by atoms with Gasteiger partial charge in [0.15, 0.2) is 0 Å². The van der Waals surface area contributed by atoms with E-state index in [9.17, 15) is 8.42 Å². The molecule has 0 spiro atoms. The van der Waals surface area contributed by atoms with Crippen molar-refractivity contribution < 1.29 is 8.42 Å². The first-order chi connectivity index (χ1) is 11.0. The highest BCUT2D eigenvalue weighted by molar-refractivity contribution is 14.1. The first kappa shape index (κ1) is 19.7. The van der Waals surface area contributed by atoms with E-state index < -0.39 is 10.0 Å². The lowest BCUT2D eigenvalue weighted by molar-refractivity contribution is 0.324. The van der Waals surface area contributed by atoms with Crippen LogP contribution in [0.2, 0.25) is 0 Å². The van der Waals surface area contributed by atoms with Crippen molar-refractivity contribution >= 4 is 45.0 Å². The summed E-state index contributed by atoms with van der Waals surface area (Å²) in [7, 11) is -3.44. The number of halogens is 2. The van der Waals surface area contributed by atoms with E-state index in [1.54, 1.807) is 12.1 Å². The lowest BCUT2D eigenvalue weighted by atomic mass is 10.2. The molecule has 1 aliphatic rings. The van der Waals surface area contributed by atoms with E-state index in [1.807, 2.05) is 30.3 Å². The molecule has 0 bridgehead atoms. The van der Waals surface area contributed by atoms with Crippen LogP contribution >= 0.6 is 35.0 Å². The van der Waals surface area contributed by atoms with Gasteiger partial charge in [0, 0.05) is 29.2 Å². The third kappa shape index (κ3) is 5.16. The van der Waals surface area contributed by atoms with Crippen LogP contribution in [-0.2, 0) is 16.6 Å². The Kier molecular flexibility index (Phi) is 7.06. The van der Waals surface area contributed by atoms with Crippen LogP contribution in [0.15, 0.2) is 59.5 Å². The van der Waals surface area contributed by atoms with Crippen molar-refractivity contribution in [1.82, 2.24) is 9.62 Å². The second-order valence-corrected chi connectivity index (χ2v) is 8.74. The van der Waals surface area contributed by atoms with Gasteiger partial charge in [-0.2, -0.15) is 0 Å². The Labute approximate surface area is 163 Å². The first-order valence-electron chi connectivity index (χ1n) is 7.57. The Bertz CT molecular complexity index is 754. The predicted octanol–water partition coefficient (Wildman–Crippen LogP) is 3.27. The summed E-state index contributed by atoms with van der Waals surface area (Å²) in [5.74, 6) is 0. The highest BCUT2D eigenvalue weighted by Gasteiger charge is 2.27. The maximum absolute atomic E-state index is 12.4. The predicted molar refractivity (Wildman–Crippen MR) is 107 cm³/mol. The Hall–Kier alpha value is -0.670. The van der Waals surface area contributed by atoms with Crippen LogP contribution in [-0.4, -0.2) is 32.4 Å². The number of hydrogen-bond acceptors (Lipinski definition) is 3. The summed E-state index contributed by atoms with van der Waals surface area (Å²) in [5.41, 5.74) is 1.26. The Balaban J connectivity index is 0.00000208. The third-order valence-corrected chi connectivity index (χ3v) is 6.22. The molecule has 24 heavy (non-hydrogen) atoms. The molecule has 2 aromatic carbocycles. The van der Waals surface area contributed by atoms with Gasteiger partial charge in [0.1, 0.15) is 0 Å².